The van der Waals surface area contributed by atoms with Gasteiger partial charge in [-0.05, 0) is 0 Å². The zero-order valence-electron chi connectivity index (χ0n) is 6.45. The molecule has 0 aromatic rings. The molecule has 0 aliphatic carbocycles. The number of nitrogens with two attached hydrogens (primary N) is 1. The van der Waals surface area contributed by atoms with Crippen molar-refractivity contribution in [1.29, 1.82) is 0 Å². The maximum absolute atomic E-state index is 9.62. The molecule has 0 heterocycles. The number of nitrogens with zero attached hydrogens (tertiary/aromatic N) is 3. The van der Waals surface area contributed by atoms with E-state index >= 15 is 0 Å². The molecule has 0 radical (unpaired) electrons. The number of hydrazine groups is 1. The van der Waals surface area contributed by atoms with Gasteiger partial charge in [-0.3, -0.25) is 15.4 Å². The van der Waals surface area contributed by atoms with Crippen LogP contribution in [0.15, 0.2) is 4.99 Å². The van der Waals surface area contributed by atoms with E-state index in [-0.39, 0.29) is 19.1 Å². The van der Waals surface area contributed by atoms with Crippen molar-refractivity contribution in [2.45, 2.75) is 0 Å². The van der Waals surface area contributed by atoms with Crippen LogP contribution in [-0.2, 0) is 4.84 Å². The standard InChI is InChI=1S/C3H9N5O5/c4-3(6-7(9)10)5-1-2-13-8(11)12/h9-10H,1-2H2,(H3,4,5,6). The van der Waals surface area contributed by atoms with Crippen LogP contribution < -0.4 is 11.2 Å². The molecule has 13 heavy (non-hydrogen) atoms. The summed E-state index contributed by atoms with van der Waals surface area (Å²) < 4.78 is 0. The van der Waals surface area contributed by atoms with Crippen molar-refractivity contribution < 1.29 is 20.3 Å². The normalized spacial score (nSPS) is 11.5. The van der Waals surface area contributed by atoms with Crippen molar-refractivity contribution in [2.24, 2.45) is 10.7 Å². The summed E-state index contributed by atoms with van der Waals surface area (Å²) >= 11 is 0. The zero-order valence-corrected chi connectivity index (χ0v) is 6.45. The van der Waals surface area contributed by atoms with E-state index in [1.165, 1.54) is 0 Å². The summed E-state index contributed by atoms with van der Waals surface area (Å²) in [5.41, 5.74) is 6.82. The molecular weight excluding hydrogens is 186 g/mol. The van der Waals surface area contributed by atoms with Gasteiger partial charge in [-0.2, -0.15) is 0 Å². The maximum atomic E-state index is 9.62. The lowest BCUT2D eigenvalue weighted by Gasteiger charge is -2.07. The third-order valence-electron chi connectivity index (χ3n) is 0.785. The van der Waals surface area contributed by atoms with E-state index in [0.29, 0.717) is 0 Å². The van der Waals surface area contributed by atoms with Crippen LogP contribution in [0.1, 0.15) is 0 Å². The molecule has 0 aliphatic heterocycles. The lowest BCUT2D eigenvalue weighted by molar-refractivity contribution is -0.757. The third kappa shape index (κ3) is 8.25. The number of hydrogen-bond donors (Lipinski definition) is 4. The van der Waals surface area contributed by atoms with E-state index in [1.54, 1.807) is 5.43 Å². The van der Waals surface area contributed by atoms with Crippen molar-refractivity contribution in [1.82, 2.24) is 10.8 Å². The Kier molecular flexibility index (Phi) is 5.18. The minimum Gasteiger partial charge on any atom is -0.369 e. The first-order valence-corrected chi connectivity index (χ1v) is 3.04. The van der Waals surface area contributed by atoms with Crippen molar-refractivity contribution in [3.05, 3.63) is 10.1 Å². The van der Waals surface area contributed by atoms with Gasteiger partial charge >= 0.3 is 0 Å². The first kappa shape index (κ1) is 11.4. The van der Waals surface area contributed by atoms with E-state index in [1.807, 2.05) is 0 Å². The molecule has 0 saturated carbocycles. The first-order valence-electron chi connectivity index (χ1n) is 3.04. The summed E-state index contributed by atoms with van der Waals surface area (Å²) in [6.45, 7) is -0.333. The van der Waals surface area contributed by atoms with E-state index < -0.39 is 10.4 Å². The summed E-state index contributed by atoms with van der Waals surface area (Å²) in [5.74, 6) is -0.308. The van der Waals surface area contributed by atoms with Gasteiger partial charge in [0, 0.05) is 5.34 Å². The van der Waals surface area contributed by atoms with Crippen LogP contribution in [0.3, 0.4) is 0 Å². The molecule has 0 spiro atoms. The average molecular weight is 195 g/mol. The minimum atomic E-state index is -0.969. The van der Waals surface area contributed by atoms with Gasteiger partial charge < -0.3 is 10.6 Å². The molecule has 0 saturated heterocycles. The van der Waals surface area contributed by atoms with E-state index in [0.717, 1.165) is 0 Å². The lowest BCUT2D eigenvalue weighted by atomic mass is 10.7. The molecule has 0 aromatic carbocycles. The highest BCUT2D eigenvalue weighted by molar-refractivity contribution is 5.77. The molecule has 0 bridgehead atoms. The summed E-state index contributed by atoms with van der Waals surface area (Å²) in [7, 11) is 0. The predicted molar refractivity (Wildman–Crippen MR) is 38.0 cm³/mol. The van der Waals surface area contributed by atoms with Gasteiger partial charge in [0.15, 0.2) is 0 Å². The number of guanidine groups is 1. The van der Waals surface area contributed by atoms with Gasteiger partial charge in [0.1, 0.15) is 6.61 Å². The summed E-state index contributed by atoms with van der Waals surface area (Å²) in [5, 5.41) is 24.5. The van der Waals surface area contributed by atoms with Crippen molar-refractivity contribution >= 4 is 5.96 Å². The topological polar surface area (TPSA) is 146 Å². The second-order valence-corrected chi connectivity index (χ2v) is 1.73. The minimum absolute atomic E-state index is 0.0757. The molecule has 10 heteroatoms. The second-order valence-electron chi connectivity index (χ2n) is 1.73. The van der Waals surface area contributed by atoms with Crippen LogP contribution in [0, 0.1) is 10.1 Å². The summed E-state index contributed by atoms with van der Waals surface area (Å²) in [4.78, 5) is 16.9. The number of hydrogen-bond acceptors (Lipinski definition) is 7. The van der Waals surface area contributed by atoms with Crippen LogP contribution in [0.5, 0.6) is 0 Å². The Labute approximate surface area is 72.2 Å². The van der Waals surface area contributed by atoms with Gasteiger partial charge in [0.2, 0.25) is 5.96 Å². The van der Waals surface area contributed by atoms with Crippen LogP contribution in [0.4, 0.5) is 0 Å². The molecule has 0 amide bonds. The molecule has 5 N–H and O–H groups in total. The van der Waals surface area contributed by atoms with Gasteiger partial charge in [-0.15, -0.1) is 10.1 Å². The van der Waals surface area contributed by atoms with Crippen LogP contribution >= 0.6 is 0 Å². The Hall–Kier alpha value is -1.65. The van der Waals surface area contributed by atoms with Gasteiger partial charge in [-0.25, -0.2) is 5.43 Å². The Morgan fingerprint density at radius 1 is 1.77 bits per heavy atom. The summed E-state index contributed by atoms with van der Waals surface area (Å²) in [6.07, 6.45) is 0. The van der Waals surface area contributed by atoms with Crippen molar-refractivity contribution in [3.63, 3.8) is 0 Å². The second kappa shape index (κ2) is 5.93. The average Bonchev–Trinajstić information content (AvgIpc) is 1.96. The van der Waals surface area contributed by atoms with Crippen LogP contribution in [0.25, 0.3) is 0 Å². The molecular formula is C3H9N5O5. The molecule has 10 nitrogen and oxygen atoms in total. The van der Waals surface area contributed by atoms with Crippen LogP contribution in [-0.4, -0.2) is 39.9 Å². The monoisotopic (exact) mass is 195 g/mol. The smallest absolute Gasteiger partial charge is 0.294 e. The number of nitrogens with one attached hydrogen (secondary N) is 1. The molecule has 76 valence electrons. The third-order valence-corrected chi connectivity index (χ3v) is 0.785. The van der Waals surface area contributed by atoms with Gasteiger partial charge in [-0.1, -0.05) is 0 Å². The first-order chi connectivity index (χ1) is 6.02. The van der Waals surface area contributed by atoms with Crippen molar-refractivity contribution in [3.8, 4) is 0 Å². The Morgan fingerprint density at radius 2 is 2.38 bits per heavy atom. The van der Waals surface area contributed by atoms with E-state index in [4.69, 9.17) is 16.1 Å². The molecule has 0 aromatic heterocycles. The van der Waals surface area contributed by atoms with Gasteiger partial charge in [0.05, 0.1) is 6.54 Å². The fourth-order valence-corrected chi connectivity index (χ4v) is 0.419. The highest BCUT2D eigenvalue weighted by Crippen LogP contribution is 1.76. The van der Waals surface area contributed by atoms with Crippen LogP contribution in [0.2, 0.25) is 0 Å². The van der Waals surface area contributed by atoms with E-state index in [9.17, 15) is 10.1 Å². The fourth-order valence-electron chi connectivity index (χ4n) is 0.419. The Bertz CT molecular complexity index is 193. The maximum Gasteiger partial charge on any atom is 0.294 e. The molecule has 0 fully saturated rings. The van der Waals surface area contributed by atoms with Crippen molar-refractivity contribution in [2.75, 3.05) is 13.2 Å². The fraction of sp³-hybridized carbons (Fsp3) is 0.667. The predicted octanol–water partition coefficient (Wildman–Crippen LogP) is -1.91. The number of rotatable bonds is 5. The zero-order chi connectivity index (χ0) is 10.3. The largest absolute Gasteiger partial charge is 0.369 e. The molecule has 0 unspecified atom stereocenters. The quantitative estimate of drug-likeness (QED) is 0.131. The Balaban J connectivity index is 3.53. The van der Waals surface area contributed by atoms with E-state index in [2.05, 4.69) is 9.83 Å². The number of aliphatic imine (C=N–C) groups is 1. The Morgan fingerprint density at radius 3 is 2.85 bits per heavy atom. The lowest BCUT2D eigenvalue weighted by Crippen LogP contribution is -2.42. The highest BCUT2D eigenvalue weighted by Gasteiger charge is 1.96. The van der Waals surface area contributed by atoms with Gasteiger partial charge in [0.25, 0.3) is 5.09 Å². The molecule has 0 rings (SSSR count). The molecule has 0 atom stereocenters. The molecule has 0 aliphatic rings. The highest BCUT2D eigenvalue weighted by atomic mass is 16.9. The summed E-state index contributed by atoms with van der Waals surface area (Å²) in [6, 6.07) is 0. The SMILES string of the molecule is NC(=NCCO[N+](=O)[O-])NN(O)O.